The summed E-state index contributed by atoms with van der Waals surface area (Å²) < 4.78 is 0. The van der Waals surface area contributed by atoms with Crippen LogP contribution in [0.15, 0.2) is 73.2 Å². The third-order valence-electron chi connectivity index (χ3n) is 3.85. The molecule has 0 spiro atoms. The van der Waals surface area contributed by atoms with Gasteiger partial charge in [-0.3, -0.25) is 19.6 Å². The van der Waals surface area contributed by atoms with Gasteiger partial charge >= 0.3 is 0 Å². The molecular weight excluding hydrogens is 328 g/mol. The Morgan fingerprint density at radius 1 is 1.00 bits per heavy atom. The zero-order valence-electron chi connectivity index (χ0n) is 14.3. The van der Waals surface area contributed by atoms with Crippen molar-refractivity contribution >= 4 is 17.5 Å². The molecule has 26 heavy (non-hydrogen) atoms. The van der Waals surface area contributed by atoms with Gasteiger partial charge in [0.2, 0.25) is 0 Å². The molecule has 3 rings (SSSR count). The number of hydrogen-bond acceptors (Lipinski definition) is 4. The lowest BCUT2D eigenvalue weighted by Gasteiger charge is -2.17. The van der Waals surface area contributed by atoms with Gasteiger partial charge in [0.05, 0.1) is 23.4 Å². The van der Waals surface area contributed by atoms with Crippen molar-refractivity contribution in [2.75, 3.05) is 11.9 Å². The SMILES string of the molecule is CN(C(=O)c1cncc(C(=O)NCc2ccccn2)c1)c1ccccc1. The summed E-state index contributed by atoms with van der Waals surface area (Å²) in [6.07, 6.45) is 4.56. The molecule has 1 aromatic carbocycles. The van der Waals surface area contributed by atoms with Gasteiger partial charge in [0.1, 0.15) is 0 Å². The maximum absolute atomic E-state index is 12.6. The van der Waals surface area contributed by atoms with Gasteiger partial charge in [-0.25, -0.2) is 0 Å². The molecule has 0 saturated heterocycles. The van der Waals surface area contributed by atoms with Crippen molar-refractivity contribution in [3.05, 3.63) is 90.0 Å². The average molecular weight is 346 g/mol. The van der Waals surface area contributed by atoms with Crippen LogP contribution >= 0.6 is 0 Å². The molecule has 0 fully saturated rings. The molecule has 2 aromatic heterocycles. The molecular formula is C20H18N4O2. The molecule has 1 N–H and O–H groups in total. The lowest BCUT2D eigenvalue weighted by molar-refractivity contribution is 0.0950. The number of pyridine rings is 2. The first-order chi connectivity index (χ1) is 12.6. The van der Waals surface area contributed by atoms with E-state index in [0.717, 1.165) is 11.4 Å². The van der Waals surface area contributed by atoms with Gasteiger partial charge in [0, 0.05) is 31.3 Å². The Balaban J connectivity index is 1.71. The van der Waals surface area contributed by atoms with E-state index in [1.54, 1.807) is 19.3 Å². The van der Waals surface area contributed by atoms with Gasteiger partial charge < -0.3 is 10.2 Å². The van der Waals surface area contributed by atoms with Gasteiger partial charge in [-0.15, -0.1) is 0 Å². The second-order valence-electron chi connectivity index (χ2n) is 5.67. The Morgan fingerprint density at radius 2 is 1.73 bits per heavy atom. The van der Waals surface area contributed by atoms with Crippen LogP contribution in [-0.2, 0) is 6.54 Å². The van der Waals surface area contributed by atoms with E-state index < -0.39 is 0 Å². The molecule has 3 aromatic rings. The van der Waals surface area contributed by atoms with Crippen molar-refractivity contribution < 1.29 is 9.59 Å². The molecule has 0 aliphatic rings. The van der Waals surface area contributed by atoms with Crippen LogP contribution < -0.4 is 10.2 Å². The molecule has 6 heteroatoms. The van der Waals surface area contributed by atoms with Crippen LogP contribution in [0.3, 0.4) is 0 Å². The summed E-state index contributed by atoms with van der Waals surface area (Å²) in [5.41, 5.74) is 2.20. The van der Waals surface area contributed by atoms with Gasteiger partial charge in [0.25, 0.3) is 11.8 Å². The quantitative estimate of drug-likeness (QED) is 0.771. The van der Waals surface area contributed by atoms with Crippen molar-refractivity contribution in [3.63, 3.8) is 0 Å². The zero-order chi connectivity index (χ0) is 18.4. The highest BCUT2D eigenvalue weighted by atomic mass is 16.2. The summed E-state index contributed by atoms with van der Waals surface area (Å²) in [5.74, 6) is -0.539. The molecule has 0 saturated carbocycles. The number of para-hydroxylation sites is 1. The molecule has 6 nitrogen and oxygen atoms in total. The highest BCUT2D eigenvalue weighted by molar-refractivity contribution is 6.07. The van der Waals surface area contributed by atoms with Crippen molar-refractivity contribution in [1.82, 2.24) is 15.3 Å². The van der Waals surface area contributed by atoms with Crippen LogP contribution in [0.25, 0.3) is 0 Å². The molecule has 0 unspecified atom stereocenters. The van der Waals surface area contributed by atoms with Crippen molar-refractivity contribution in [3.8, 4) is 0 Å². The molecule has 0 radical (unpaired) electrons. The number of nitrogens with zero attached hydrogens (tertiary/aromatic N) is 3. The van der Waals surface area contributed by atoms with E-state index in [1.165, 1.54) is 17.3 Å². The maximum atomic E-state index is 12.6. The summed E-state index contributed by atoms with van der Waals surface area (Å²) in [6, 6.07) is 16.3. The van der Waals surface area contributed by atoms with Crippen LogP contribution in [0.5, 0.6) is 0 Å². The molecule has 2 amide bonds. The molecule has 130 valence electrons. The Hall–Kier alpha value is -3.54. The summed E-state index contributed by atoms with van der Waals surface area (Å²) in [5, 5.41) is 2.78. The minimum atomic E-state index is -0.305. The topological polar surface area (TPSA) is 75.2 Å². The van der Waals surface area contributed by atoms with Crippen molar-refractivity contribution in [2.24, 2.45) is 0 Å². The number of rotatable bonds is 5. The standard InChI is InChI=1S/C20H18N4O2/c1-24(18-8-3-2-4-9-18)20(26)16-11-15(12-21-13-16)19(25)23-14-17-7-5-6-10-22-17/h2-13H,14H2,1H3,(H,23,25). The fraction of sp³-hybridized carbons (Fsp3) is 0.100. The third kappa shape index (κ3) is 4.10. The molecule has 0 aliphatic heterocycles. The van der Waals surface area contributed by atoms with Gasteiger partial charge in [-0.2, -0.15) is 0 Å². The van der Waals surface area contributed by atoms with Gasteiger partial charge in [0.15, 0.2) is 0 Å². The number of hydrogen-bond donors (Lipinski definition) is 1. The highest BCUT2D eigenvalue weighted by Crippen LogP contribution is 2.15. The number of anilines is 1. The minimum Gasteiger partial charge on any atom is -0.346 e. The molecule has 0 atom stereocenters. The summed E-state index contributed by atoms with van der Waals surface area (Å²) in [4.78, 5) is 34.7. The lowest BCUT2D eigenvalue weighted by atomic mass is 10.1. The number of carbonyl (C=O) groups is 2. The van der Waals surface area contributed by atoms with E-state index in [0.29, 0.717) is 17.7 Å². The number of nitrogens with one attached hydrogen (secondary N) is 1. The van der Waals surface area contributed by atoms with E-state index in [1.807, 2.05) is 48.5 Å². The Morgan fingerprint density at radius 3 is 2.46 bits per heavy atom. The fourth-order valence-electron chi connectivity index (χ4n) is 2.42. The number of amides is 2. The minimum absolute atomic E-state index is 0.233. The second kappa shape index (κ2) is 8.02. The smallest absolute Gasteiger partial charge is 0.259 e. The average Bonchev–Trinajstić information content (AvgIpc) is 2.72. The van der Waals surface area contributed by atoms with E-state index in [9.17, 15) is 9.59 Å². The Labute approximate surface area is 151 Å². The van der Waals surface area contributed by atoms with Crippen LogP contribution in [0.1, 0.15) is 26.4 Å². The number of benzene rings is 1. The summed E-state index contributed by atoms with van der Waals surface area (Å²) in [7, 11) is 1.69. The predicted molar refractivity (Wildman–Crippen MR) is 98.8 cm³/mol. The lowest BCUT2D eigenvalue weighted by Crippen LogP contribution is -2.27. The molecule has 0 bridgehead atoms. The van der Waals surface area contributed by atoms with Gasteiger partial charge in [-0.1, -0.05) is 24.3 Å². The largest absolute Gasteiger partial charge is 0.346 e. The van der Waals surface area contributed by atoms with E-state index in [4.69, 9.17) is 0 Å². The van der Waals surface area contributed by atoms with Crippen LogP contribution in [-0.4, -0.2) is 28.8 Å². The first-order valence-electron chi connectivity index (χ1n) is 8.11. The first kappa shape index (κ1) is 17.3. The van der Waals surface area contributed by atoms with E-state index in [2.05, 4.69) is 15.3 Å². The number of aromatic nitrogens is 2. The first-order valence-corrected chi connectivity index (χ1v) is 8.11. The van der Waals surface area contributed by atoms with E-state index >= 15 is 0 Å². The normalized spacial score (nSPS) is 10.2. The Kier molecular flexibility index (Phi) is 5.34. The van der Waals surface area contributed by atoms with Crippen LogP contribution in [0.2, 0.25) is 0 Å². The predicted octanol–water partition coefficient (Wildman–Crippen LogP) is 2.68. The third-order valence-corrected chi connectivity index (χ3v) is 3.85. The van der Waals surface area contributed by atoms with Crippen LogP contribution in [0, 0.1) is 0 Å². The zero-order valence-corrected chi connectivity index (χ0v) is 14.3. The fourth-order valence-corrected chi connectivity index (χ4v) is 2.42. The van der Waals surface area contributed by atoms with Crippen LogP contribution in [0.4, 0.5) is 5.69 Å². The summed E-state index contributed by atoms with van der Waals surface area (Å²) >= 11 is 0. The molecule has 0 aliphatic carbocycles. The highest BCUT2D eigenvalue weighted by Gasteiger charge is 2.16. The van der Waals surface area contributed by atoms with E-state index in [-0.39, 0.29) is 11.8 Å². The van der Waals surface area contributed by atoms with Crippen molar-refractivity contribution in [2.45, 2.75) is 6.54 Å². The monoisotopic (exact) mass is 346 g/mol. The van der Waals surface area contributed by atoms with Gasteiger partial charge in [-0.05, 0) is 30.3 Å². The molecule has 2 heterocycles. The van der Waals surface area contributed by atoms with Crippen molar-refractivity contribution in [1.29, 1.82) is 0 Å². The number of carbonyl (C=O) groups excluding carboxylic acids is 2. The second-order valence-corrected chi connectivity index (χ2v) is 5.67. The Bertz CT molecular complexity index is 898. The maximum Gasteiger partial charge on any atom is 0.259 e. The summed E-state index contributed by atoms with van der Waals surface area (Å²) in [6.45, 7) is 0.307.